The van der Waals surface area contributed by atoms with Gasteiger partial charge in [0.15, 0.2) is 12.2 Å². The van der Waals surface area contributed by atoms with E-state index in [0.29, 0.717) is 5.57 Å². The van der Waals surface area contributed by atoms with Crippen LogP contribution in [0.3, 0.4) is 0 Å². The van der Waals surface area contributed by atoms with Gasteiger partial charge in [0.25, 0.3) is 0 Å². The molecule has 0 aromatic heterocycles. The molecular weight excluding hydrogens is 464 g/mol. The Hall–Kier alpha value is -3.75. The molecule has 8 heteroatoms. The summed E-state index contributed by atoms with van der Waals surface area (Å²) < 4.78 is 22.7. The van der Waals surface area contributed by atoms with Gasteiger partial charge in [0.05, 0.1) is 16.7 Å². The zero-order valence-electron chi connectivity index (χ0n) is 19.9. The van der Waals surface area contributed by atoms with E-state index in [9.17, 15) is 19.5 Å². The Morgan fingerprint density at radius 1 is 0.944 bits per heavy atom. The highest BCUT2D eigenvalue weighted by molar-refractivity contribution is 5.92. The lowest BCUT2D eigenvalue weighted by Crippen LogP contribution is -2.47. The first-order chi connectivity index (χ1) is 17.4. The number of allylic oxidation sites excluding steroid dienone is 2. The summed E-state index contributed by atoms with van der Waals surface area (Å²) in [5.74, 6) is -3.78. The molecule has 2 aromatic rings. The molecule has 1 aliphatic heterocycles. The molecule has 36 heavy (non-hydrogen) atoms. The maximum atomic E-state index is 12.8. The molecule has 1 fully saturated rings. The summed E-state index contributed by atoms with van der Waals surface area (Å²) in [5.41, 5.74) is 0.952. The molecule has 0 radical (unpaired) electrons. The molecule has 1 saturated heterocycles. The van der Waals surface area contributed by atoms with E-state index in [0.717, 1.165) is 12.8 Å². The molecule has 0 unspecified atom stereocenters. The molecule has 4 rings (SSSR count). The first-order valence-corrected chi connectivity index (χ1v) is 11.9. The van der Waals surface area contributed by atoms with Crippen molar-refractivity contribution in [2.24, 2.45) is 0 Å². The molecule has 2 aromatic carbocycles. The lowest BCUT2D eigenvalue weighted by molar-refractivity contribution is -0.232. The van der Waals surface area contributed by atoms with Crippen molar-refractivity contribution in [3.63, 3.8) is 0 Å². The predicted octanol–water partition coefficient (Wildman–Crippen LogP) is 3.75. The van der Waals surface area contributed by atoms with Crippen LogP contribution in [-0.2, 0) is 23.7 Å². The molecule has 0 bridgehead atoms. The van der Waals surface area contributed by atoms with Crippen LogP contribution in [0.4, 0.5) is 0 Å². The van der Waals surface area contributed by atoms with Crippen molar-refractivity contribution in [2.45, 2.75) is 50.3 Å². The molecule has 2 aliphatic rings. The summed E-state index contributed by atoms with van der Waals surface area (Å²) in [6.07, 6.45) is 3.10. The maximum Gasteiger partial charge on any atom is 0.340 e. The molecule has 1 N–H and O–H groups in total. The highest BCUT2D eigenvalue weighted by Crippen LogP contribution is 2.38. The second-order valence-corrected chi connectivity index (χ2v) is 8.50. The number of benzene rings is 2. The van der Waals surface area contributed by atoms with Crippen molar-refractivity contribution in [3.8, 4) is 0 Å². The Bertz CT molecular complexity index is 1140. The summed E-state index contributed by atoms with van der Waals surface area (Å²) in [4.78, 5) is 38.1. The van der Waals surface area contributed by atoms with Crippen molar-refractivity contribution >= 4 is 17.9 Å². The lowest BCUT2D eigenvalue weighted by atomic mass is 10.0. The summed E-state index contributed by atoms with van der Waals surface area (Å²) in [7, 11) is 0. The van der Waals surface area contributed by atoms with Gasteiger partial charge in [-0.2, -0.15) is 0 Å². The fourth-order valence-corrected chi connectivity index (χ4v) is 4.13. The van der Waals surface area contributed by atoms with Gasteiger partial charge in [-0.1, -0.05) is 61.5 Å². The number of esters is 3. The van der Waals surface area contributed by atoms with E-state index in [2.05, 4.69) is 0 Å². The molecular formula is C28H28O8. The zero-order chi connectivity index (χ0) is 25.5. The second kappa shape index (κ2) is 11.3. The number of carbonyl (C=O) groups is 3. The predicted molar refractivity (Wildman–Crippen MR) is 129 cm³/mol. The highest BCUT2D eigenvalue weighted by Gasteiger charge is 2.59. The van der Waals surface area contributed by atoms with Crippen LogP contribution in [0.5, 0.6) is 0 Å². The van der Waals surface area contributed by atoms with Gasteiger partial charge in [-0.3, -0.25) is 0 Å². The number of ether oxygens (including phenoxy) is 4. The van der Waals surface area contributed by atoms with Crippen LogP contribution in [0.25, 0.3) is 0 Å². The molecule has 1 heterocycles. The van der Waals surface area contributed by atoms with E-state index in [4.69, 9.17) is 18.9 Å². The van der Waals surface area contributed by atoms with E-state index < -0.39 is 42.0 Å². The smallest absolute Gasteiger partial charge is 0.340 e. The number of carbonyl (C=O) groups excluding carboxylic acids is 3. The van der Waals surface area contributed by atoms with Gasteiger partial charge < -0.3 is 24.1 Å². The fraction of sp³-hybridized carbons (Fsp3) is 0.321. The van der Waals surface area contributed by atoms with Crippen molar-refractivity contribution in [3.05, 3.63) is 95.6 Å². The normalized spacial score (nSPS) is 25.1. The quantitative estimate of drug-likeness (QED) is 0.438. The molecule has 188 valence electrons. The molecule has 0 saturated carbocycles. The number of hydrogen-bond donors (Lipinski definition) is 1. The third-order valence-corrected chi connectivity index (χ3v) is 6.11. The second-order valence-electron chi connectivity index (χ2n) is 8.50. The third-order valence-electron chi connectivity index (χ3n) is 6.11. The van der Waals surface area contributed by atoms with Gasteiger partial charge in [0, 0.05) is 6.42 Å². The molecule has 8 nitrogen and oxygen atoms in total. The molecule has 4 atom stereocenters. The van der Waals surface area contributed by atoms with Crippen molar-refractivity contribution < 1.29 is 38.4 Å². The van der Waals surface area contributed by atoms with E-state index in [1.54, 1.807) is 79.7 Å². The minimum atomic E-state index is -1.81. The van der Waals surface area contributed by atoms with E-state index in [1.807, 2.05) is 6.08 Å². The number of hydrogen-bond acceptors (Lipinski definition) is 8. The summed E-state index contributed by atoms with van der Waals surface area (Å²) in [5, 5.41) is 11.2. The summed E-state index contributed by atoms with van der Waals surface area (Å²) in [6, 6.07) is 16.5. The van der Waals surface area contributed by atoms with Crippen molar-refractivity contribution in [1.82, 2.24) is 0 Å². The molecule has 0 spiro atoms. The van der Waals surface area contributed by atoms with Crippen LogP contribution >= 0.6 is 0 Å². The average Bonchev–Trinajstić information content (AvgIpc) is 3.19. The standard InChI is InChI=1S/C28H28O8/c1-2-28(36-27(32)21-16-10-5-11-17-21)24(29)23(34-26(31)20-14-8-4-9-15-20)22(35-28)18-33-25(30)19-12-6-3-7-13-19/h4-6,8-17,22-24,29H,2-3,7,18H2,1H3/t22-,23+,24-,28-/m1/s1. The summed E-state index contributed by atoms with van der Waals surface area (Å²) >= 11 is 0. The third kappa shape index (κ3) is 5.56. The SMILES string of the molecule is CC[C@]1(OC(=O)c2ccccc2)O[C@H](COC(=O)C2=CCCC=C2)[C@H](OC(=O)c2ccccc2)[C@H]1O. The molecule has 0 amide bonds. The van der Waals surface area contributed by atoms with Crippen LogP contribution in [-0.4, -0.2) is 53.7 Å². The largest absolute Gasteiger partial charge is 0.459 e. The van der Waals surface area contributed by atoms with Gasteiger partial charge in [-0.15, -0.1) is 0 Å². The first kappa shape index (κ1) is 25.3. The van der Waals surface area contributed by atoms with E-state index in [1.165, 1.54) is 0 Å². The first-order valence-electron chi connectivity index (χ1n) is 11.9. The summed E-state index contributed by atoms with van der Waals surface area (Å²) in [6.45, 7) is 1.35. The van der Waals surface area contributed by atoms with Crippen molar-refractivity contribution in [2.75, 3.05) is 6.61 Å². The van der Waals surface area contributed by atoms with Crippen LogP contribution in [0.1, 0.15) is 46.9 Å². The number of rotatable bonds is 8. The van der Waals surface area contributed by atoms with Crippen LogP contribution in [0, 0.1) is 0 Å². The van der Waals surface area contributed by atoms with Crippen LogP contribution in [0.15, 0.2) is 84.5 Å². The zero-order valence-corrected chi connectivity index (χ0v) is 19.9. The Morgan fingerprint density at radius 2 is 1.58 bits per heavy atom. The van der Waals surface area contributed by atoms with Gasteiger partial charge in [0.1, 0.15) is 12.7 Å². The molecule has 1 aliphatic carbocycles. The van der Waals surface area contributed by atoms with Crippen LogP contribution < -0.4 is 0 Å². The Balaban J connectivity index is 1.55. The van der Waals surface area contributed by atoms with Gasteiger partial charge in [-0.05, 0) is 37.1 Å². The average molecular weight is 493 g/mol. The van der Waals surface area contributed by atoms with Gasteiger partial charge >= 0.3 is 17.9 Å². The fourth-order valence-electron chi connectivity index (χ4n) is 4.13. The van der Waals surface area contributed by atoms with E-state index >= 15 is 0 Å². The number of aliphatic hydroxyl groups is 1. The topological polar surface area (TPSA) is 108 Å². The van der Waals surface area contributed by atoms with E-state index in [-0.39, 0.29) is 24.2 Å². The highest BCUT2D eigenvalue weighted by atomic mass is 16.8. The minimum absolute atomic E-state index is 0.0600. The monoisotopic (exact) mass is 492 g/mol. The Morgan fingerprint density at radius 3 is 2.17 bits per heavy atom. The van der Waals surface area contributed by atoms with Crippen LogP contribution in [0.2, 0.25) is 0 Å². The Kier molecular flexibility index (Phi) is 7.97. The van der Waals surface area contributed by atoms with Crippen molar-refractivity contribution in [1.29, 1.82) is 0 Å². The van der Waals surface area contributed by atoms with Gasteiger partial charge in [-0.25, -0.2) is 14.4 Å². The number of aliphatic hydroxyl groups excluding tert-OH is 1. The Labute approximate surface area is 209 Å². The minimum Gasteiger partial charge on any atom is -0.459 e. The maximum absolute atomic E-state index is 12.8. The lowest BCUT2D eigenvalue weighted by Gasteiger charge is -2.30. The van der Waals surface area contributed by atoms with Gasteiger partial charge in [0.2, 0.25) is 5.79 Å².